The number of carbonyl (C=O) groups is 1. The topological polar surface area (TPSA) is 78.8 Å². The number of sulfonamides is 1. The molecule has 0 saturated carbocycles. The Morgan fingerprint density at radius 2 is 2.00 bits per heavy atom. The van der Waals surface area contributed by atoms with Gasteiger partial charge in [0, 0.05) is 12.6 Å². The average molecular weight is 336 g/mol. The van der Waals surface area contributed by atoms with Crippen molar-refractivity contribution in [2.45, 2.75) is 24.3 Å². The molecule has 9 heteroatoms. The number of benzene rings is 1. The summed E-state index contributed by atoms with van der Waals surface area (Å²) in [6.45, 7) is 1.75. The maximum absolute atomic E-state index is 12.2. The molecule has 0 bridgehead atoms. The van der Waals surface area contributed by atoms with Gasteiger partial charge in [0.25, 0.3) is 10.0 Å². The predicted molar refractivity (Wildman–Crippen MR) is 76.6 cm³/mol. The zero-order valence-electron chi connectivity index (χ0n) is 10.4. The van der Waals surface area contributed by atoms with E-state index >= 15 is 0 Å². The van der Waals surface area contributed by atoms with E-state index in [2.05, 4.69) is 5.10 Å². The van der Waals surface area contributed by atoms with Crippen LogP contribution in [-0.2, 0) is 10.0 Å². The molecule has 1 atom stereocenters. The van der Waals surface area contributed by atoms with Gasteiger partial charge in [-0.05, 0) is 19.1 Å². The number of rotatable bonds is 2. The van der Waals surface area contributed by atoms with Gasteiger partial charge in [0.05, 0.1) is 16.1 Å². The first-order chi connectivity index (χ1) is 9.33. The third-order valence-corrected chi connectivity index (χ3v) is 4.96. The molecular weight excluding hydrogens is 325 g/mol. The highest BCUT2D eigenvalue weighted by molar-refractivity contribution is 7.90. The first-order valence-electron chi connectivity index (χ1n) is 5.65. The summed E-state index contributed by atoms with van der Waals surface area (Å²) in [7, 11) is -4.16. The molecule has 1 unspecified atom stereocenters. The Kier molecular flexibility index (Phi) is 4.22. The number of carbonyl (C=O) groups excluding carboxylic acids is 1. The van der Waals surface area contributed by atoms with Gasteiger partial charge in [-0.15, -0.1) is 0 Å². The van der Waals surface area contributed by atoms with Crippen molar-refractivity contribution in [3.63, 3.8) is 0 Å². The van der Waals surface area contributed by atoms with Crippen LogP contribution in [-0.4, -0.2) is 31.7 Å². The Bertz CT molecular complexity index is 655. The molecule has 0 aliphatic carbocycles. The van der Waals surface area contributed by atoms with Crippen LogP contribution in [0.1, 0.15) is 13.3 Å². The maximum Gasteiger partial charge on any atom is 0.351 e. The summed E-state index contributed by atoms with van der Waals surface area (Å²) in [4.78, 5) is 11.6. The SMILES string of the molecule is CC1CC=NN1C(=O)NS(=O)(=O)c1c(Cl)cccc1Cl. The minimum Gasteiger partial charge on any atom is -0.246 e. The summed E-state index contributed by atoms with van der Waals surface area (Å²) in [5.41, 5.74) is 0. The lowest BCUT2D eigenvalue weighted by Gasteiger charge is -2.19. The number of nitrogens with one attached hydrogen (secondary N) is 1. The van der Waals surface area contributed by atoms with E-state index in [1.807, 2.05) is 4.72 Å². The molecule has 2 rings (SSSR count). The van der Waals surface area contributed by atoms with E-state index in [0.717, 1.165) is 5.01 Å². The van der Waals surface area contributed by atoms with Crippen LogP contribution in [0.5, 0.6) is 0 Å². The minimum absolute atomic E-state index is 0.0595. The van der Waals surface area contributed by atoms with Crippen LogP contribution in [0.3, 0.4) is 0 Å². The van der Waals surface area contributed by atoms with E-state index in [0.29, 0.717) is 6.42 Å². The lowest BCUT2D eigenvalue weighted by molar-refractivity contribution is 0.196. The Morgan fingerprint density at radius 3 is 2.50 bits per heavy atom. The molecule has 20 heavy (non-hydrogen) atoms. The predicted octanol–water partition coefficient (Wildman–Crippen LogP) is 2.47. The number of hydrogen-bond donors (Lipinski definition) is 1. The van der Waals surface area contributed by atoms with Crippen molar-refractivity contribution in [2.24, 2.45) is 5.10 Å². The van der Waals surface area contributed by atoms with Gasteiger partial charge in [-0.1, -0.05) is 29.3 Å². The van der Waals surface area contributed by atoms with Gasteiger partial charge in [0.1, 0.15) is 4.90 Å². The van der Waals surface area contributed by atoms with Crippen LogP contribution in [0.4, 0.5) is 4.79 Å². The van der Waals surface area contributed by atoms with Gasteiger partial charge in [0.2, 0.25) is 0 Å². The summed E-state index contributed by atoms with van der Waals surface area (Å²) >= 11 is 11.7. The first kappa shape index (κ1) is 15.1. The third-order valence-electron chi connectivity index (χ3n) is 2.69. The highest BCUT2D eigenvalue weighted by atomic mass is 35.5. The Hall–Kier alpha value is -1.31. The fourth-order valence-corrected chi connectivity index (χ4v) is 3.79. The van der Waals surface area contributed by atoms with Crippen LogP contribution >= 0.6 is 23.2 Å². The lowest BCUT2D eigenvalue weighted by Crippen LogP contribution is -2.42. The minimum atomic E-state index is -4.16. The van der Waals surface area contributed by atoms with E-state index < -0.39 is 16.1 Å². The molecule has 1 aromatic rings. The highest BCUT2D eigenvalue weighted by Crippen LogP contribution is 2.28. The smallest absolute Gasteiger partial charge is 0.246 e. The fourth-order valence-electron chi connectivity index (χ4n) is 1.71. The molecule has 0 fully saturated rings. The van der Waals surface area contributed by atoms with Crippen molar-refractivity contribution < 1.29 is 13.2 Å². The zero-order chi connectivity index (χ0) is 14.9. The molecule has 1 N–H and O–H groups in total. The molecule has 6 nitrogen and oxygen atoms in total. The normalized spacial score (nSPS) is 18.4. The fraction of sp³-hybridized carbons (Fsp3) is 0.273. The van der Waals surface area contributed by atoms with Crippen LogP contribution in [0.25, 0.3) is 0 Å². The van der Waals surface area contributed by atoms with Crippen molar-refractivity contribution in [3.05, 3.63) is 28.2 Å². The molecule has 1 aliphatic heterocycles. The largest absolute Gasteiger partial charge is 0.351 e. The molecule has 0 saturated heterocycles. The van der Waals surface area contributed by atoms with Crippen LogP contribution in [0.15, 0.2) is 28.2 Å². The van der Waals surface area contributed by atoms with Crippen molar-refractivity contribution in [1.29, 1.82) is 0 Å². The summed E-state index contributed by atoms with van der Waals surface area (Å²) in [6.07, 6.45) is 2.11. The van der Waals surface area contributed by atoms with E-state index in [-0.39, 0.29) is 21.0 Å². The molecule has 0 aromatic heterocycles. The molecule has 1 aromatic carbocycles. The van der Waals surface area contributed by atoms with Crippen LogP contribution in [0, 0.1) is 0 Å². The molecule has 1 heterocycles. The van der Waals surface area contributed by atoms with Crippen LogP contribution in [0.2, 0.25) is 10.0 Å². The third kappa shape index (κ3) is 2.89. The first-order valence-corrected chi connectivity index (χ1v) is 7.89. The van der Waals surface area contributed by atoms with Gasteiger partial charge in [-0.3, -0.25) is 0 Å². The van der Waals surface area contributed by atoms with E-state index in [9.17, 15) is 13.2 Å². The second-order valence-electron chi connectivity index (χ2n) is 4.19. The molecular formula is C11H11Cl2N3O3S. The van der Waals surface area contributed by atoms with Gasteiger partial charge < -0.3 is 0 Å². The van der Waals surface area contributed by atoms with Gasteiger partial charge >= 0.3 is 6.03 Å². The lowest BCUT2D eigenvalue weighted by atomic mass is 10.3. The number of amides is 2. The molecule has 0 spiro atoms. The van der Waals surface area contributed by atoms with E-state index in [4.69, 9.17) is 23.2 Å². The molecule has 1 aliphatic rings. The van der Waals surface area contributed by atoms with Crippen LogP contribution < -0.4 is 4.72 Å². The second-order valence-corrected chi connectivity index (χ2v) is 6.62. The number of halogens is 2. The Labute approximate surface area is 126 Å². The van der Waals surface area contributed by atoms with Gasteiger partial charge in [-0.2, -0.15) is 5.10 Å². The second kappa shape index (κ2) is 5.59. The summed E-state index contributed by atoms with van der Waals surface area (Å²) < 4.78 is 26.2. The highest BCUT2D eigenvalue weighted by Gasteiger charge is 2.29. The monoisotopic (exact) mass is 335 g/mol. The average Bonchev–Trinajstić information content (AvgIpc) is 2.74. The van der Waals surface area contributed by atoms with Crippen molar-refractivity contribution in [1.82, 2.24) is 9.73 Å². The van der Waals surface area contributed by atoms with Crippen molar-refractivity contribution in [3.8, 4) is 0 Å². The van der Waals surface area contributed by atoms with Gasteiger partial charge in [0.15, 0.2) is 0 Å². The van der Waals surface area contributed by atoms with E-state index in [1.54, 1.807) is 13.1 Å². The maximum atomic E-state index is 12.2. The number of urea groups is 1. The van der Waals surface area contributed by atoms with E-state index in [1.165, 1.54) is 18.2 Å². The van der Waals surface area contributed by atoms with Gasteiger partial charge in [-0.25, -0.2) is 22.9 Å². The Morgan fingerprint density at radius 1 is 1.40 bits per heavy atom. The zero-order valence-corrected chi connectivity index (χ0v) is 12.7. The number of hydrazone groups is 1. The standard InChI is InChI=1S/C11H11Cl2N3O3S/c1-7-5-6-14-16(7)11(17)15-20(18,19)10-8(12)3-2-4-9(10)13/h2-4,6-7H,5H2,1H3,(H,15,17). The van der Waals surface area contributed by atoms with Crippen molar-refractivity contribution >= 4 is 45.5 Å². The number of nitrogens with zero attached hydrogens (tertiary/aromatic N) is 2. The Balaban J connectivity index is 2.28. The molecule has 0 radical (unpaired) electrons. The summed E-state index contributed by atoms with van der Waals surface area (Å²) in [5.74, 6) is 0. The molecule has 2 amide bonds. The molecule has 108 valence electrons. The number of hydrogen-bond acceptors (Lipinski definition) is 4. The summed E-state index contributed by atoms with van der Waals surface area (Å²) in [5, 5.41) is 4.74. The quantitative estimate of drug-likeness (QED) is 0.901. The summed E-state index contributed by atoms with van der Waals surface area (Å²) in [6, 6.07) is 3.22. The van der Waals surface area contributed by atoms with Crippen molar-refractivity contribution in [2.75, 3.05) is 0 Å².